The lowest BCUT2D eigenvalue weighted by Gasteiger charge is -2.11. The van der Waals surface area contributed by atoms with Gasteiger partial charge in [-0.15, -0.1) is 0 Å². The maximum absolute atomic E-state index is 12.6. The second-order valence-electron chi connectivity index (χ2n) is 6.51. The molecule has 0 saturated carbocycles. The van der Waals surface area contributed by atoms with Crippen LogP contribution in [-0.4, -0.2) is 23.4 Å². The van der Waals surface area contributed by atoms with Crippen LogP contribution in [0.15, 0.2) is 67.0 Å². The highest BCUT2D eigenvalue weighted by Gasteiger charge is 2.13. The minimum atomic E-state index is -0.363. The fraction of sp³-hybridized carbons (Fsp3) is 0.174. The molecule has 6 heteroatoms. The molecule has 0 bridgehead atoms. The van der Waals surface area contributed by atoms with Gasteiger partial charge in [-0.25, -0.2) is 0 Å². The first kappa shape index (κ1) is 20.1. The summed E-state index contributed by atoms with van der Waals surface area (Å²) in [6.45, 7) is 4.78. The molecule has 1 aromatic heterocycles. The Morgan fingerprint density at radius 3 is 2.38 bits per heavy atom. The summed E-state index contributed by atoms with van der Waals surface area (Å²) in [5, 5.41) is 5.65. The van der Waals surface area contributed by atoms with Crippen LogP contribution in [-0.2, 0) is 6.54 Å². The van der Waals surface area contributed by atoms with Crippen molar-refractivity contribution < 1.29 is 14.3 Å². The number of nitrogens with zero attached hydrogens (tertiary/aromatic N) is 1. The number of hydrogen-bond donors (Lipinski definition) is 2. The summed E-state index contributed by atoms with van der Waals surface area (Å²) in [6.07, 6.45) is 2.87. The Hall–Kier alpha value is -3.67. The van der Waals surface area contributed by atoms with Crippen LogP contribution in [0.2, 0.25) is 0 Å². The summed E-state index contributed by atoms with van der Waals surface area (Å²) in [6, 6.07) is 16.6. The van der Waals surface area contributed by atoms with Crippen LogP contribution in [0, 0.1) is 6.92 Å². The molecular formula is C23H23N3O3. The Morgan fingerprint density at radius 2 is 1.66 bits per heavy atom. The predicted octanol–water partition coefficient (Wildman–Crippen LogP) is 3.97. The number of aromatic nitrogens is 1. The van der Waals surface area contributed by atoms with Crippen LogP contribution < -0.4 is 15.4 Å². The number of rotatable bonds is 7. The molecule has 0 aliphatic carbocycles. The van der Waals surface area contributed by atoms with Gasteiger partial charge < -0.3 is 15.4 Å². The smallest absolute Gasteiger partial charge is 0.257 e. The number of ether oxygens (including phenoxy) is 1. The van der Waals surface area contributed by atoms with E-state index in [2.05, 4.69) is 15.6 Å². The summed E-state index contributed by atoms with van der Waals surface area (Å²) >= 11 is 0. The lowest BCUT2D eigenvalue weighted by atomic mass is 10.1. The summed E-state index contributed by atoms with van der Waals surface area (Å²) in [7, 11) is 0. The number of amides is 2. The molecule has 148 valence electrons. The topological polar surface area (TPSA) is 80.3 Å². The highest BCUT2D eigenvalue weighted by atomic mass is 16.5. The summed E-state index contributed by atoms with van der Waals surface area (Å²) in [5.41, 5.74) is 3.34. The molecule has 0 atom stereocenters. The zero-order valence-corrected chi connectivity index (χ0v) is 16.4. The van der Waals surface area contributed by atoms with Crippen LogP contribution in [0.1, 0.15) is 38.8 Å². The fourth-order valence-electron chi connectivity index (χ4n) is 2.72. The van der Waals surface area contributed by atoms with Gasteiger partial charge in [0.15, 0.2) is 0 Å². The number of benzene rings is 2. The Kier molecular flexibility index (Phi) is 6.58. The van der Waals surface area contributed by atoms with E-state index in [-0.39, 0.29) is 11.8 Å². The van der Waals surface area contributed by atoms with Gasteiger partial charge in [-0.3, -0.25) is 14.6 Å². The maximum atomic E-state index is 12.6. The minimum absolute atomic E-state index is 0.289. The molecule has 0 aliphatic heterocycles. The quantitative estimate of drug-likeness (QED) is 0.641. The van der Waals surface area contributed by atoms with Gasteiger partial charge in [0.05, 0.1) is 23.4 Å². The highest BCUT2D eigenvalue weighted by molar-refractivity contribution is 6.06. The zero-order chi connectivity index (χ0) is 20.6. The average molecular weight is 389 g/mol. The predicted molar refractivity (Wildman–Crippen MR) is 112 cm³/mol. The van der Waals surface area contributed by atoms with Crippen molar-refractivity contribution in [2.45, 2.75) is 20.4 Å². The third-order valence-electron chi connectivity index (χ3n) is 4.27. The first-order valence-electron chi connectivity index (χ1n) is 9.39. The van der Waals surface area contributed by atoms with Gasteiger partial charge in [0.25, 0.3) is 11.8 Å². The van der Waals surface area contributed by atoms with E-state index in [4.69, 9.17) is 4.74 Å². The van der Waals surface area contributed by atoms with E-state index in [1.54, 1.807) is 12.1 Å². The van der Waals surface area contributed by atoms with E-state index in [1.807, 2.05) is 50.2 Å². The molecule has 6 nitrogen and oxygen atoms in total. The molecule has 0 radical (unpaired) electrons. The van der Waals surface area contributed by atoms with E-state index in [0.29, 0.717) is 35.7 Å². The molecule has 2 amide bonds. The number of para-hydroxylation sites is 2. The molecule has 29 heavy (non-hydrogen) atoms. The molecule has 0 saturated heterocycles. The van der Waals surface area contributed by atoms with Crippen molar-refractivity contribution in [1.82, 2.24) is 10.3 Å². The van der Waals surface area contributed by atoms with Crippen molar-refractivity contribution in [2.24, 2.45) is 0 Å². The molecule has 1 heterocycles. The second kappa shape index (κ2) is 9.50. The zero-order valence-electron chi connectivity index (χ0n) is 16.4. The number of carbonyl (C=O) groups is 2. The SMILES string of the molecule is CCOc1ccccc1NC(=O)c1cncc(C(=O)NCc2ccc(C)cc2)c1. The summed E-state index contributed by atoms with van der Waals surface area (Å²) < 4.78 is 5.52. The first-order valence-corrected chi connectivity index (χ1v) is 9.39. The lowest BCUT2D eigenvalue weighted by molar-refractivity contribution is 0.0950. The fourth-order valence-corrected chi connectivity index (χ4v) is 2.72. The standard InChI is InChI=1S/C23H23N3O3/c1-3-29-21-7-5-4-6-20(21)26-23(28)19-12-18(14-24-15-19)22(27)25-13-17-10-8-16(2)9-11-17/h4-12,14-15H,3,13H2,1-2H3,(H,25,27)(H,26,28). The first-order chi connectivity index (χ1) is 14.1. The molecule has 2 N–H and O–H groups in total. The number of hydrogen-bond acceptors (Lipinski definition) is 4. The molecule has 0 unspecified atom stereocenters. The van der Waals surface area contributed by atoms with Crippen LogP contribution >= 0.6 is 0 Å². The van der Waals surface area contributed by atoms with Crippen molar-refractivity contribution in [3.05, 3.63) is 89.2 Å². The van der Waals surface area contributed by atoms with Crippen molar-refractivity contribution in [3.63, 3.8) is 0 Å². The highest BCUT2D eigenvalue weighted by Crippen LogP contribution is 2.24. The number of aryl methyl sites for hydroxylation is 1. The monoisotopic (exact) mass is 389 g/mol. The van der Waals surface area contributed by atoms with Crippen molar-refractivity contribution in [3.8, 4) is 5.75 Å². The van der Waals surface area contributed by atoms with Crippen LogP contribution in [0.25, 0.3) is 0 Å². The van der Waals surface area contributed by atoms with Crippen LogP contribution in [0.4, 0.5) is 5.69 Å². The number of carbonyl (C=O) groups excluding carboxylic acids is 2. The molecular weight excluding hydrogens is 366 g/mol. The number of anilines is 1. The van der Waals surface area contributed by atoms with Gasteiger partial charge in [-0.05, 0) is 37.6 Å². The van der Waals surface area contributed by atoms with Crippen LogP contribution in [0.5, 0.6) is 5.75 Å². The Morgan fingerprint density at radius 1 is 0.966 bits per heavy atom. The third-order valence-corrected chi connectivity index (χ3v) is 4.27. The normalized spacial score (nSPS) is 10.3. The lowest BCUT2D eigenvalue weighted by Crippen LogP contribution is -2.23. The van der Waals surface area contributed by atoms with E-state index < -0.39 is 0 Å². The van der Waals surface area contributed by atoms with E-state index in [9.17, 15) is 9.59 Å². The molecule has 3 aromatic rings. The summed E-state index contributed by atoms with van der Waals surface area (Å²) in [5.74, 6) is -0.0661. The van der Waals surface area contributed by atoms with Gasteiger partial charge in [0.1, 0.15) is 5.75 Å². The van der Waals surface area contributed by atoms with E-state index >= 15 is 0 Å². The minimum Gasteiger partial charge on any atom is -0.492 e. The molecule has 2 aromatic carbocycles. The molecule has 0 aliphatic rings. The van der Waals surface area contributed by atoms with Gasteiger partial charge in [-0.2, -0.15) is 0 Å². The van der Waals surface area contributed by atoms with E-state index in [1.165, 1.54) is 18.5 Å². The van der Waals surface area contributed by atoms with Crippen molar-refractivity contribution in [1.29, 1.82) is 0 Å². The van der Waals surface area contributed by atoms with Gasteiger partial charge >= 0.3 is 0 Å². The largest absolute Gasteiger partial charge is 0.492 e. The number of pyridine rings is 1. The van der Waals surface area contributed by atoms with Gasteiger partial charge in [-0.1, -0.05) is 42.0 Å². The maximum Gasteiger partial charge on any atom is 0.257 e. The van der Waals surface area contributed by atoms with Gasteiger partial charge in [0, 0.05) is 18.9 Å². The third kappa shape index (κ3) is 5.42. The summed E-state index contributed by atoms with van der Waals surface area (Å²) in [4.78, 5) is 29.1. The number of nitrogens with one attached hydrogen (secondary N) is 2. The second-order valence-corrected chi connectivity index (χ2v) is 6.51. The van der Waals surface area contributed by atoms with Crippen molar-refractivity contribution in [2.75, 3.05) is 11.9 Å². The Bertz CT molecular complexity index is 1000. The molecule has 3 rings (SSSR count). The average Bonchev–Trinajstić information content (AvgIpc) is 2.75. The Labute approximate surface area is 169 Å². The van der Waals surface area contributed by atoms with Crippen molar-refractivity contribution >= 4 is 17.5 Å². The molecule has 0 fully saturated rings. The Balaban J connectivity index is 1.67. The molecule has 0 spiro atoms. The van der Waals surface area contributed by atoms with E-state index in [0.717, 1.165) is 11.1 Å². The van der Waals surface area contributed by atoms with Crippen LogP contribution in [0.3, 0.4) is 0 Å². The van der Waals surface area contributed by atoms with Gasteiger partial charge in [0.2, 0.25) is 0 Å².